The van der Waals surface area contributed by atoms with Crippen molar-refractivity contribution in [1.29, 1.82) is 0 Å². The van der Waals surface area contributed by atoms with Crippen LogP contribution in [0.1, 0.15) is 0 Å². The summed E-state index contributed by atoms with van der Waals surface area (Å²) < 4.78 is 42.3. The maximum absolute atomic E-state index is 12.3. The van der Waals surface area contributed by atoms with Gasteiger partial charge < -0.3 is 9.84 Å². The van der Waals surface area contributed by atoms with Gasteiger partial charge in [-0.3, -0.25) is 4.68 Å². The zero-order valence-electron chi connectivity index (χ0n) is 9.76. The highest BCUT2D eigenvalue weighted by molar-refractivity contribution is 5.69. The first-order valence-corrected chi connectivity index (χ1v) is 5.48. The number of para-hydroxylation sites is 1. The average Bonchev–Trinajstić information content (AvgIpc) is 2.76. The SMILES string of the molecule is OCCn1cc(-c2ccccc2OC(F)(F)F)cn1. The fourth-order valence-corrected chi connectivity index (χ4v) is 1.65. The fourth-order valence-electron chi connectivity index (χ4n) is 1.65. The largest absolute Gasteiger partial charge is 0.573 e. The molecule has 19 heavy (non-hydrogen) atoms. The summed E-state index contributed by atoms with van der Waals surface area (Å²) in [5.41, 5.74) is 0.789. The summed E-state index contributed by atoms with van der Waals surface area (Å²) in [7, 11) is 0. The van der Waals surface area contributed by atoms with Gasteiger partial charge in [0.1, 0.15) is 5.75 Å². The molecule has 0 spiro atoms. The Kier molecular flexibility index (Phi) is 3.75. The number of aliphatic hydroxyl groups excluding tert-OH is 1. The Balaban J connectivity index is 2.32. The number of halogens is 3. The fraction of sp³-hybridized carbons (Fsp3) is 0.250. The molecule has 0 saturated heterocycles. The molecule has 7 heteroatoms. The van der Waals surface area contributed by atoms with Crippen molar-refractivity contribution in [2.45, 2.75) is 12.9 Å². The van der Waals surface area contributed by atoms with Crippen LogP contribution in [0.3, 0.4) is 0 Å². The van der Waals surface area contributed by atoms with Crippen molar-refractivity contribution in [2.75, 3.05) is 6.61 Å². The minimum atomic E-state index is -4.74. The lowest BCUT2D eigenvalue weighted by Crippen LogP contribution is -2.17. The van der Waals surface area contributed by atoms with Gasteiger partial charge in [-0.25, -0.2) is 0 Å². The lowest BCUT2D eigenvalue weighted by Gasteiger charge is -2.11. The Morgan fingerprint density at radius 3 is 2.68 bits per heavy atom. The van der Waals surface area contributed by atoms with E-state index in [0.717, 1.165) is 0 Å². The van der Waals surface area contributed by atoms with Crippen LogP contribution in [0.2, 0.25) is 0 Å². The van der Waals surface area contributed by atoms with E-state index in [1.807, 2.05) is 0 Å². The van der Waals surface area contributed by atoms with Gasteiger partial charge in [-0.05, 0) is 6.07 Å². The monoisotopic (exact) mass is 272 g/mol. The molecule has 102 valence electrons. The maximum atomic E-state index is 12.3. The molecule has 0 bridgehead atoms. The molecule has 1 N–H and O–H groups in total. The molecular formula is C12H11F3N2O2. The topological polar surface area (TPSA) is 47.3 Å². The highest BCUT2D eigenvalue weighted by Crippen LogP contribution is 2.33. The van der Waals surface area contributed by atoms with Crippen LogP contribution in [-0.2, 0) is 6.54 Å². The van der Waals surface area contributed by atoms with Gasteiger partial charge in [0.2, 0.25) is 0 Å². The van der Waals surface area contributed by atoms with Crippen LogP contribution in [0.4, 0.5) is 13.2 Å². The van der Waals surface area contributed by atoms with E-state index >= 15 is 0 Å². The summed E-state index contributed by atoms with van der Waals surface area (Å²) in [6.45, 7) is 0.185. The molecule has 0 unspecified atom stereocenters. The van der Waals surface area contributed by atoms with Crippen LogP contribution in [0, 0.1) is 0 Å². The van der Waals surface area contributed by atoms with E-state index in [-0.39, 0.29) is 18.9 Å². The van der Waals surface area contributed by atoms with E-state index in [1.54, 1.807) is 12.3 Å². The molecule has 1 aromatic carbocycles. The summed E-state index contributed by atoms with van der Waals surface area (Å²) in [6.07, 6.45) is -1.76. The molecule has 0 aliphatic carbocycles. The van der Waals surface area contributed by atoms with E-state index in [1.165, 1.54) is 29.1 Å². The van der Waals surface area contributed by atoms with Gasteiger partial charge in [0.25, 0.3) is 0 Å². The average molecular weight is 272 g/mol. The number of alkyl halides is 3. The normalized spacial score (nSPS) is 11.6. The van der Waals surface area contributed by atoms with Gasteiger partial charge >= 0.3 is 6.36 Å². The second-order valence-corrected chi connectivity index (χ2v) is 3.76. The van der Waals surface area contributed by atoms with Gasteiger partial charge in [0.05, 0.1) is 19.3 Å². The molecule has 1 aromatic heterocycles. The highest BCUT2D eigenvalue weighted by Gasteiger charge is 2.32. The molecule has 0 amide bonds. The van der Waals surface area contributed by atoms with E-state index in [0.29, 0.717) is 11.1 Å². The molecule has 0 aliphatic heterocycles. The molecule has 1 heterocycles. The summed E-state index contributed by atoms with van der Waals surface area (Å²) in [5, 5.41) is 12.7. The number of rotatable bonds is 4. The third kappa shape index (κ3) is 3.47. The lowest BCUT2D eigenvalue weighted by molar-refractivity contribution is -0.274. The first kappa shape index (κ1) is 13.4. The summed E-state index contributed by atoms with van der Waals surface area (Å²) >= 11 is 0. The second kappa shape index (κ2) is 5.31. The van der Waals surface area contributed by atoms with Crippen molar-refractivity contribution in [3.8, 4) is 16.9 Å². The standard InChI is InChI=1S/C12H11F3N2O2/c13-12(14,15)19-11-4-2-1-3-10(11)9-7-16-17(8-9)5-6-18/h1-4,7-8,18H,5-6H2. The predicted octanol–water partition coefficient (Wildman–Crippen LogP) is 2.44. The van der Waals surface area contributed by atoms with Gasteiger partial charge in [0, 0.05) is 17.3 Å². The summed E-state index contributed by atoms with van der Waals surface area (Å²) in [5.74, 6) is -0.279. The second-order valence-electron chi connectivity index (χ2n) is 3.76. The van der Waals surface area contributed by atoms with Crippen LogP contribution < -0.4 is 4.74 Å². The molecule has 0 aliphatic rings. The third-order valence-electron chi connectivity index (χ3n) is 2.39. The molecule has 2 rings (SSSR count). The van der Waals surface area contributed by atoms with Crippen molar-refractivity contribution in [3.05, 3.63) is 36.7 Å². The first-order valence-electron chi connectivity index (χ1n) is 5.48. The number of ether oxygens (including phenoxy) is 1. The van der Waals surface area contributed by atoms with Gasteiger partial charge in [0.15, 0.2) is 0 Å². The van der Waals surface area contributed by atoms with Gasteiger partial charge in [-0.15, -0.1) is 13.2 Å². The molecule has 0 atom stereocenters. The van der Waals surface area contributed by atoms with Crippen molar-refractivity contribution in [3.63, 3.8) is 0 Å². The lowest BCUT2D eigenvalue weighted by atomic mass is 10.1. The van der Waals surface area contributed by atoms with Crippen molar-refractivity contribution in [1.82, 2.24) is 9.78 Å². The van der Waals surface area contributed by atoms with Gasteiger partial charge in [-0.1, -0.05) is 18.2 Å². The van der Waals surface area contributed by atoms with Crippen LogP contribution in [0.5, 0.6) is 5.75 Å². The van der Waals surface area contributed by atoms with E-state index in [4.69, 9.17) is 5.11 Å². The number of nitrogens with zero attached hydrogens (tertiary/aromatic N) is 2. The first-order chi connectivity index (χ1) is 8.99. The summed E-state index contributed by atoms with van der Waals surface area (Å²) in [6, 6.07) is 5.83. The predicted molar refractivity (Wildman–Crippen MR) is 61.4 cm³/mol. The zero-order valence-corrected chi connectivity index (χ0v) is 9.76. The molecule has 0 fully saturated rings. The van der Waals surface area contributed by atoms with E-state index in [9.17, 15) is 13.2 Å². The van der Waals surface area contributed by atoms with Crippen LogP contribution in [0.25, 0.3) is 11.1 Å². The minimum Gasteiger partial charge on any atom is -0.405 e. The van der Waals surface area contributed by atoms with E-state index < -0.39 is 6.36 Å². The molecule has 2 aromatic rings. The van der Waals surface area contributed by atoms with Gasteiger partial charge in [-0.2, -0.15) is 5.10 Å². The van der Waals surface area contributed by atoms with Crippen molar-refractivity contribution in [2.24, 2.45) is 0 Å². The number of hydrogen-bond donors (Lipinski definition) is 1. The number of aromatic nitrogens is 2. The smallest absolute Gasteiger partial charge is 0.405 e. The Labute approximate surface area is 107 Å². The quantitative estimate of drug-likeness (QED) is 0.930. The number of hydrogen-bond acceptors (Lipinski definition) is 3. The minimum absolute atomic E-state index is 0.0954. The number of benzene rings is 1. The molecule has 0 radical (unpaired) electrons. The Hall–Kier alpha value is -2.02. The highest BCUT2D eigenvalue weighted by atomic mass is 19.4. The molecular weight excluding hydrogens is 261 g/mol. The Morgan fingerprint density at radius 2 is 2.00 bits per heavy atom. The van der Waals surface area contributed by atoms with Crippen LogP contribution in [-0.4, -0.2) is 27.9 Å². The Bertz CT molecular complexity index is 552. The zero-order chi connectivity index (χ0) is 13.9. The molecule has 4 nitrogen and oxygen atoms in total. The number of aliphatic hydroxyl groups is 1. The van der Waals surface area contributed by atoms with Crippen LogP contribution in [0.15, 0.2) is 36.7 Å². The van der Waals surface area contributed by atoms with Crippen molar-refractivity contribution >= 4 is 0 Å². The third-order valence-corrected chi connectivity index (χ3v) is 2.39. The summed E-state index contributed by atoms with van der Waals surface area (Å²) in [4.78, 5) is 0. The van der Waals surface area contributed by atoms with Crippen molar-refractivity contribution < 1.29 is 23.0 Å². The Morgan fingerprint density at radius 1 is 1.26 bits per heavy atom. The molecule has 0 saturated carbocycles. The maximum Gasteiger partial charge on any atom is 0.573 e. The van der Waals surface area contributed by atoms with Crippen LogP contribution >= 0.6 is 0 Å². The van der Waals surface area contributed by atoms with E-state index in [2.05, 4.69) is 9.84 Å².